The Labute approximate surface area is 125 Å². The summed E-state index contributed by atoms with van der Waals surface area (Å²) in [6, 6.07) is 9.86. The van der Waals surface area contributed by atoms with Crippen LogP contribution < -0.4 is 0 Å². The van der Waals surface area contributed by atoms with Crippen LogP contribution >= 0.6 is 0 Å². The number of hydrogen-bond donors (Lipinski definition) is 0. The number of carbonyl (C=O) groups is 2. The molecule has 2 fully saturated rings. The number of benzene rings is 1. The molecule has 0 aromatic heterocycles. The Hall–Kier alpha value is -1.84. The first kappa shape index (κ1) is 14.1. The van der Waals surface area contributed by atoms with Crippen LogP contribution in [0.15, 0.2) is 30.3 Å². The molecule has 0 unspecified atom stereocenters. The lowest BCUT2D eigenvalue weighted by molar-refractivity contribution is -0.161. The van der Waals surface area contributed by atoms with Crippen molar-refractivity contribution in [3.63, 3.8) is 0 Å². The van der Waals surface area contributed by atoms with Crippen molar-refractivity contribution in [2.75, 3.05) is 6.54 Å². The Morgan fingerprint density at radius 1 is 1.29 bits per heavy atom. The Morgan fingerprint density at radius 3 is 2.43 bits per heavy atom. The fourth-order valence-electron chi connectivity index (χ4n) is 3.60. The van der Waals surface area contributed by atoms with E-state index in [9.17, 15) is 9.59 Å². The summed E-state index contributed by atoms with van der Waals surface area (Å²) in [5.74, 6) is -0.379. The van der Waals surface area contributed by atoms with Gasteiger partial charge in [0.25, 0.3) is 5.91 Å². The quantitative estimate of drug-likeness (QED) is 0.784. The van der Waals surface area contributed by atoms with Gasteiger partial charge in [0.05, 0.1) is 0 Å². The molecule has 1 heterocycles. The standard InChI is InChI=1S/C17H21NO3/c1-11(19)21-17-13(10-18(15(17)20)16(2,3)4)14(17)12-8-6-5-7-9-12/h5-9,13-14H,10H2,1-4H3/t13-,14+,17-/m1/s1. The lowest BCUT2D eigenvalue weighted by Crippen LogP contribution is -2.48. The van der Waals surface area contributed by atoms with Crippen molar-refractivity contribution < 1.29 is 14.3 Å². The Bertz CT molecular complexity index is 590. The summed E-state index contributed by atoms with van der Waals surface area (Å²) in [7, 11) is 0. The Balaban J connectivity index is 1.96. The second-order valence-corrected chi connectivity index (χ2v) is 6.97. The van der Waals surface area contributed by atoms with Gasteiger partial charge in [-0.3, -0.25) is 9.59 Å². The van der Waals surface area contributed by atoms with E-state index in [-0.39, 0.29) is 29.3 Å². The van der Waals surface area contributed by atoms with Crippen LogP contribution in [-0.4, -0.2) is 34.5 Å². The predicted molar refractivity (Wildman–Crippen MR) is 78.6 cm³/mol. The lowest BCUT2D eigenvalue weighted by atomic mass is 10.0. The molecule has 1 aliphatic carbocycles. The number of piperidine rings is 1. The number of amides is 1. The van der Waals surface area contributed by atoms with Gasteiger partial charge >= 0.3 is 5.97 Å². The first-order valence-electron chi connectivity index (χ1n) is 7.35. The number of nitrogens with zero attached hydrogens (tertiary/aromatic N) is 1. The molecule has 1 amide bonds. The average molecular weight is 287 g/mol. The fraction of sp³-hybridized carbons (Fsp3) is 0.529. The third kappa shape index (κ3) is 1.96. The van der Waals surface area contributed by atoms with Crippen molar-refractivity contribution in [1.82, 2.24) is 4.90 Å². The maximum absolute atomic E-state index is 12.9. The molecular weight excluding hydrogens is 266 g/mol. The number of fused-ring (bicyclic) bond motifs is 1. The topological polar surface area (TPSA) is 46.6 Å². The number of esters is 1. The van der Waals surface area contributed by atoms with Crippen molar-refractivity contribution in [2.24, 2.45) is 5.92 Å². The number of carbonyl (C=O) groups excluding carboxylic acids is 2. The van der Waals surface area contributed by atoms with Crippen molar-refractivity contribution in [2.45, 2.75) is 44.8 Å². The van der Waals surface area contributed by atoms with Crippen LogP contribution in [0.5, 0.6) is 0 Å². The van der Waals surface area contributed by atoms with E-state index in [1.807, 2.05) is 56.0 Å². The molecule has 1 aromatic carbocycles. The van der Waals surface area contributed by atoms with Gasteiger partial charge in [0.15, 0.2) is 0 Å². The summed E-state index contributed by atoms with van der Waals surface area (Å²) < 4.78 is 5.55. The van der Waals surface area contributed by atoms with Crippen LogP contribution in [0.1, 0.15) is 39.2 Å². The average Bonchev–Trinajstić information content (AvgIpc) is 2.92. The molecule has 0 spiro atoms. The molecule has 1 aromatic rings. The molecule has 112 valence electrons. The third-order valence-corrected chi connectivity index (χ3v) is 4.55. The molecule has 1 aliphatic heterocycles. The molecule has 4 nitrogen and oxygen atoms in total. The van der Waals surface area contributed by atoms with Crippen LogP contribution in [-0.2, 0) is 14.3 Å². The van der Waals surface area contributed by atoms with Gasteiger partial charge in [0.2, 0.25) is 5.60 Å². The zero-order valence-corrected chi connectivity index (χ0v) is 12.9. The first-order chi connectivity index (χ1) is 9.78. The van der Waals surface area contributed by atoms with Crippen molar-refractivity contribution in [1.29, 1.82) is 0 Å². The largest absolute Gasteiger partial charge is 0.448 e. The van der Waals surface area contributed by atoms with Gasteiger partial charge < -0.3 is 9.64 Å². The normalized spacial score (nSPS) is 31.0. The molecule has 3 atom stereocenters. The molecule has 2 aliphatic rings. The molecule has 0 N–H and O–H groups in total. The van der Waals surface area contributed by atoms with E-state index < -0.39 is 5.60 Å². The second kappa shape index (κ2) is 4.33. The zero-order valence-electron chi connectivity index (χ0n) is 12.9. The Morgan fingerprint density at radius 2 is 1.90 bits per heavy atom. The molecule has 0 bridgehead atoms. The number of rotatable bonds is 2. The first-order valence-corrected chi connectivity index (χ1v) is 7.35. The lowest BCUT2D eigenvalue weighted by Gasteiger charge is -2.35. The van der Waals surface area contributed by atoms with Gasteiger partial charge in [-0.25, -0.2) is 0 Å². The summed E-state index contributed by atoms with van der Waals surface area (Å²) in [6.45, 7) is 8.05. The van der Waals surface area contributed by atoms with E-state index in [1.165, 1.54) is 6.92 Å². The maximum atomic E-state index is 12.9. The summed E-state index contributed by atoms with van der Waals surface area (Å²) >= 11 is 0. The van der Waals surface area contributed by atoms with Gasteiger partial charge in [-0.2, -0.15) is 0 Å². The van der Waals surface area contributed by atoms with Gasteiger partial charge in [0.1, 0.15) is 0 Å². The minimum Gasteiger partial charge on any atom is -0.448 e. The van der Waals surface area contributed by atoms with Crippen molar-refractivity contribution in [3.05, 3.63) is 35.9 Å². The molecule has 4 heteroatoms. The van der Waals surface area contributed by atoms with Gasteiger partial charge in [-0.05, 0) is 26.3 Å². The molecule has 21 heavy (non-hydrogen) atoms. The van der Waals surface area contributed by atoms with Crippen molar-refractivity contribution in [3.8, 4) is 0 Å². The van der Waals surface area contributed by atoms with E-state index in [1.54, 1.807) is 0 Å². The van der Waals surface area contributed by atoms with Crippen LogP contribution in [0.2, 0.25) is 0 Å². The van der Waals surface area contributed by atoms with E-state index in [2.05, 4.69) is 0 Å². The number of likely N-dealkylation sites (tertiary alicyclic amines) is 1. The minimum absolute atomic E-state index is 0.00583. The minimum atomic E-state index is -0.972. The van der Waals surface area contributed by atoms with Crippen molar-refractivity contribution >= 4 is 11.9 Å². The van der Waals surface area contributed by atoms with Gasteiger partial charge in [-0.1, -0.05) is 30.3 Å². The van der Waals surface area contributed by atoms with E-state index >= 15 is 0 Å². The highest BCUT2D eigenvalue weighted by Gasteiger charge is 2.79. The van der Waals surface area contributed by atoms with E-state index in [4.69, 9.17) is 4.74 Å². The smallest absolute Gasteiger partial charge is 0.303 e. The summed E-state index contributed by atoms with van der Waals surface area (Å²) in [5.41, 5.74) is -0.148. The fourth-order valence-corrected chi connectivity index (χ4v) is 3.60. The molecule has 0 radical (unpaired) electrons. The zero-order chi connectivity index (χ0) is 15.4. The second-order valence-electron chi connectivity index (χ2n) is 6.97. The number of hydrogen-bond acceptors (Lipinski definition) is 3. The Kier molecular flexibility index (Phi) is 2.91. The molecular formula is C17H21NO3. The highest BCUT2D eigenvalue weighted by Crippen LogP contribution is 2.65. The van der Waals surface area contributed by atoms with E-state index in [0.717, 1.165) is 5.56 Å². The van der Waals surface area contributed by atoms with Crippen LogP contribution in [0, 0.1) is 5.92 Å². The SMILES string of the molecule is CC(=O)O[C@]12C(=O)N(C(C)(C)C)C[C@@H]1[C@@H]2c1ccccc1. The monoisotopic (exact) mass is 287 g/mol. The van der Waals surface area contributed by atoms with Gasteiger partial charge in [-0.15, -0.1) is 0 Å². The van der Waals surface area contributed by atoms with Gasteiger partial charge in [0, 0.05) is 30.8 Å². The molecule has 3 rings (SSSR count). The summed E-state index contributed by atoms with van der Waals surface area (Å²) in [6.07, 6.45) is 0. The summed E-state index contributed by atoms with van der Waals surface area (Å²) in [4.78, 5) is 26.2. The van der Waals surface area contributed by atoms with E-state index in [0.29, 0.717) is 6.54 Å². The summed E-state index contributed by atoms with van der Waals surface area (Å²) in [5, 5.41) is 0. The van der Waals surface area contributed by atoms with Crippen LogP contribution in [0.25, 0.3) is 0 Å². The number of ether oxygens (including phenoxy) is 1. The molecule has 1 saturated heterocycles. The highest BCUT2D eigenvalue weighted by atomic mass is 16.6. The van der Waals surface area contributed by atoms with Crippen LogP contribution in [0.3, 0.4) is 0 Å². The maximum Gasteiger partial charge on any atom is 0.303 e. The molecule has 1 saturated carbocycles. The third-order valence-electron chi connectivity index (χ3n) is 4.55. The highest BCUT2D eigenvalue weighted by molar-refractivity contribution is 5.96. The van der Waals surface area contributed by atoms with Crippen LogP contribution in [0.4, 0.5) is 0 Å². The predicted octanol–water partition coefficient (Wildman–Crippen LogP) is 2.34.